The molecule has 112 valence electrons. The number of hydrogen-bond donors (Lipinski definition) is 3. The van der Waals surface area contributed by atoms with Crippen LogP contribution in [0.15, 0.2) is 18.2 Å². The van der Waals surface area contributed by atoms with Gasteiger partial charge < -0.3 is 15.7 Å². The Balaban J connectivity index is 2.43. The quantitative estimate of drug-likeness (QED) is 0.755. The molecule has 0 radical (unpaired) electrons. The Morgan fingerprint density at radius 2 is 1.90 bits per heavy atom. The molecule has 0 heterocycles. The van der Waals surface area contributed by atoms with Crippen LogP contribution in [0.2, 0.25) is 10.0 Å². The number of aliphatic hydroxyl groups is 1. The van der Waals surface area contributed by atoms with Crippen molar-refractivity contribution in [3.05, 3.63) is 33.8 Å². The highest BCUT2D eigenvalue weighted by Crippen LogP contribution is 2.25. The summed E-state index contributed by atoms with van der Waals surface area (Å²) in [6.07, 6.45) is 0.662. The third-order valence-electron chi connectivity index (χ3n) is 2.80. The molecule has 2 unspecified atom stereocenters. The lowest BCUT2D eigenvalue weighted by atomic mass is 10.1. The van der Waals surface area contributed by atoms with Crippen LogP contribution in [0, 0.1) is 0 Å². The van der Waals surface area contributed by atoms with E-state index in [-0.39, 0.29) is 12.1 Å². The molecule has 1 aromatic rings. The molecule has 0 aliphatic carbocycles. The molecular formula is C14H20Cl2N2O2. The van der Waals surface area contributed by atoms with Gasteiger partial charge in [-0.2, -0.15) is 0 Å². The van der Waals surface area contributed by atoms with Crippen LogP contribution in [0.5, 0.6) is 0 Å². The van der Waals surface area contributed by atoms with Crippen LogP contribution in [-0.2, 0) is 6.42 Å². The zero-order valence-corrected chi connectivity index (χ0v) is 13.1. The molecule has 0 fully saturated rings. The first-order chi connectivity index (χ1) is 9.40. The van der Waals surface area contributed by atoms with Gasteiger partial charge in [-0.25, -0.2) is 4.79 Å². The highest BCUT2D eigenvalue weighted by Gasteiger charge is 2.12. The van der Waals surface area contributed by atoms with Crippen LogP contribution in [0.4, 0.5) is 4.79 Å². The molecule has 3 N–H and O–H groups in total. The highest BCUT2D eigenvalue weighted by molar-refractivity contribution is 6.36. The van der Waals surface area contributed by atoms with Gasteiger partial charge in [-0.15, -0.1) is 0 Å². The fourth-order valence-corrected chi connectivity index (χ4v) is 2.31. The summed E-state index contributed by atoms with van der Waals surface area (Å²) in [6, 6.07) is 4.98. The Labute approximate surface area is 129 Å². The fraction of sp³-hybridized carbons (Fsp3) is 0.500. The molecule has 6 heteroatoms. The summed E-state index contributed by atoms with van der Waals surface area (Å²) in [4.78, 5) is 11.6. The Hall–Kier alpha value is -0.970. The summed E-state index contributed by atoms with van der Waals surface area (Å²) < 4.78 is 0. The van der Waals surface area contributed by atoms with E-state index in [1.165, 1.54) is 0 Å². The number of urea groups is 1. The van der Waals surface area contributed by atoms with E-state index in [1.54, 1.807) is 25.1 Å². The zero-order valence-electron chi connectivity index (χ0n) is 11.6. The Morgan fingerprint density at radius 3 is 2.45 bits per heavy atom. The molecule has 2 atom stereocenters. The maximum Gasteiger partial charge on any atom is 0.315 e. The van der Waals surface area contributed by atoms with Gasteiger partial charge in [0.15, 0.2) is 0 Å². The molecule has 4 nitrogen and oxygen atoms in total. The number of carbonyl (C=O) groups excluding carboxylic acids is 1. The first-order valence-electron chi connectivity index (χ1n) is 6.55. The molecule has 0 saturated heterocycles. The average Bonchev–Trinajstić information content (AvgIpc) is 2.33. The number of aliphatic hydroxyl groups excluding tert-OH is 1. The van der Waals surface area contributed by atoms with E-state index in [0.717, 1.165) is 5.56 Å². The molecule has 0 saturated carbocycles. The van der Waals surface area contributed by atoms with Gasteiger partial charge in [0.05, 0.1) is 6.10 Å². The molecule has 2 amide bonds. The molecule has 0 bridgehead atoms. The topological polar surface area (TPSA) is 61.4 Å². The fourth-order valence-electron chi connectivity index (χ4n) is 1.75. The number of carbonyl (C=O) groups is 1. The van der Waals surface area contributed by atoms with Crippen LogP contribution in [0.3, 0.4) is 0 Å². The summed E-state index contributed by atoms with van der Waals surface area (Å²) in [5, 5.41) is 15.8. The third kappa shape index (κ3) is 5.99. The van der Waals surface area contributed by atoms with Crippen LogP contribution >= 0.6 is 23.2 Å². The van der Waals surface area contributed by atoms with Crippen molar-refractivity contribution in [3.8, 4) is 0 Å². The van der Waals surface area contributed by atoms with Crippen molar-refractivity contribution in [1.29, 1.82) is 0 Å². The van der Waals surface area contributed by atoms with Crippen LogP contribution in [0.25, 0.3) is 0 Å². The maximum atomic E-state index is 11.6. The lowest BCUT2D eigenvalue weighted by Gasteiger charge is -2.16. The van der Waals surface area contributed by atoms with Gasteiger partial charge in [-0.05, 0) is 44.4 Å². The van der Waals surface area contributed by atoms with Gasteiger partial charge in [-0.1, -0.05) is 29.3 Å². The van der Waals surface area contributed by atoms with Crippen LogP contribution < -0.4 is 10.6 Å². The summed E-state index contributed by atoms with van der Waals surface area (Å²) in [7, 11) is 0. The summed E-state index contributed by atoms with van der Waals surface area (Å²) in [5.41, 5.74) is 0.826. The molecule has 0 spiro atoms. The first kappa shape index (κ1) is 17.1. The molecule has 1 rings (SSSR count). The summed E-state index contributed by atoms with van der Waals surface area (Å²) in [6.45, 7) is 4.00. The monoisotopic (exact) mass is 318 g/mol. The zero-order chi connectivity index (χ0) is 15.1. The van der Waals surface area contributed by atoms with Gasteiger partial charge in [0, 0.05) is 22.6 Å². The van der Waals surface area contributed by atoms with Crippen molar-refractivity contribution in [3.63, 3.8) is 0 Å². The van der Waals surface area contributed by atoms with Crippen LogP contribution in [-0.4, -0.2) is 29.8 Å². The minimum Gasteiger partial charge on any atom is -0.393 e. The SMILES string of the molecule is CC(O)CCNC(=O)NC(C)Cc1c(Cl)cccc1Cl. The minimum atomic E-state index is -0.422. The van der Waals surface area contributed by atoms with Crippen molar-refractivity contribution >= 4 is 29.2 Å². The van der Waals surface area contributed by atoms with Crippen molar-refractivity contribution in [2.75, 3.05) is 6.54 Å². The summed E-state index contributed by atoms with van der Waals surface area (Å²) in [5.74, 6) is 0. The van der Waals surface area contributed by atoms with Gasteiger partial charge in [0.1, 0.15) is 0 Å². The van der Waals surface area contributed by atoms with E-state index in [0.29, 0.717) is 29.4 Å². The van der Waals surface area contributed by atoms with E-state index < -0.39 is 6.10 Å². The van der Waals surface area contributed by atoms with Crippen molar-refractivity contribution in [2.45, 2.75) is 38.8 Å². The number of nitrogens with one attached hydrogen (secondary N) is 2. The predicted octanol–water partition coefficient (Wildman–Crippen LogP) is 2.99. The molecule has 0 aliphatic rings. The number of halogens is 2. The van der Waals surface area contributed by atoms with E-state index in [9.17, 15) is 4.79 Å². The van der Waals surface area contributed by atoms with Gasteiger partial charge in [0.25, 0.3) is 0 Å². The van der Waals surface area contributed by atoms with E-state index >= 15 is 0 Å². The first-order valence-corrected chi connectivity index (χ1v) is 7.31. The lowest BCUT2D eigenvalue weighted by Crippen LogP contribution is -2.42. The second kappa shape index (κ2) is 8.35. The van der Waals surface area contributed by atoms with Gasteiger partial charge in [-0.3, -0.25) is 0 Å². The molecule has 0 aromatic heterocycles. The number of amides is 2. The molecule has 20 heavy (non-hydrogen) atoms. The lowest BCUT2D eigenvalue weighted by molar-refractivity contribution is 0.183. The van der Waals surface area contributed by atoms with Crippen molar-refractivity contribution in [2.24, 2.45) is 0 Å². The smallest absolute Gasteiger partial charge is 0.315 e. The van der Waals surface area contributed by atoms with E-state index in [1.807, 2.05) is 6.92 Å². The molecular weight excluding hydrogens is 299 g/mol. The molecule has 1 aromatic carbocycles. The van der Waals surface area contributed by atoms with Gasteiger partial charge >= 0.3 is 6.03 Å². The predicted molar refractivity (Wildman–Crippen MR) is 82.5 cm³/mol. The van der Waals surface area contributed by atoms with E-state index in [2.05, 4.69) is 10.6 Å². The number of benzene rings is 1. The standard InChI is InChI=1S/C14H20Cl2N2O2/c1-9(18-14(20)17-7-6-10(2)19)8-11-12(15)4-3-5-13(11)16/h3-5,9-10,19H,6-8H2,1-2H3,(H2,17,18,20). The largest absolute Gasteiger partial charge is 0.393 e. The second-order valence-corrected chi connectivity index (χ2v) is 5.66. The number of hydrogen-bond acceptors (Lipinski definition) is 2. The average molecular weight is 319 g/mol. The Bertz CT molecular complexity index is 433. The van der Waals surface area contributed by atoms with E-state index in [4.69, 9.17) is 28.3 Å². The molecule has 0 aliphatic heterocycles. The Kier molecular flexibility index (Phi) is 7.13. The van der Waals surface area contributed by atoms with Crippen molar-refractivity contribution in [1.82, 2.24) is 10.6 Å². The Morgan fingerprint density at radius 1 is 1.30 bits per heavy atom. The maximum absolute atomic E-state index is 11.6. The van der Waals surface area contributed by atoms with Crippen LogP contribution in [0.1, 0.15) is 25.8 Å². The van der Waals surface area contributed by atoms with Gasteiger partial charge in [0.2, 0.25) is 0 Å². The summed E-state index contributed by atoms with van der Waals surface area (Å²) >= 11 is 12.2. The second-order valence-electron chi connectivity index (χ2n) is 4.84. The third-order valence-corrected chi connectivity index (χ3v) is 3.51. The minimum absolute atomic E-state index is 0.0982. The van der Waals surface area contributed by atoms with Crippen molar-refractivity contribution < 1.29 is 9.90 Å². The number of rotatable bonds is 6. The normalized spacial score (nSPS) is 13.7. The highest BCUT2D eigenvalue weighted by atomic mass is 35.5.